The number of fused-ring (bicyclic) bond motifs is 1. The Morgan fingerprint density at radius 1 is 0.728 bits per heavy atom. The maximum atomic E-state index is 13.5. The van der Waals surface area contributed by atoms with E-state index in [1.165, 1.54) is 22.8 Å². The van der Waals surface area contributed by atoms with E-state index in [0.29, 0.717) is 87.5 Å². The molecule has 3 aliphatic heterocycles. The predicted molar refractivity (Wildman–Crippen MR) is 299 cm³/mol. The molecular formula is C60H70N8O13. The number of hydrogen-bond donors (Lipinski definition) is 3. The molecule has 1 aromatic heterocycles. The molecule has 0 saturated carbocycles. The van der Waals surface area contributed by atoms with Gasteiger partial charge in [0.15, 0.2) is 6.61 Å². The Labute approximate surface area is 470 Å². The number of amides is 7. The standard InChI is InChI=1S/C60H70N8O13/c1-39-44(8-6-10-46(39)63-54(71)41-16-18-43(19-17-41)60(2,3)4)48-37-65(5)58(75)47(62-48)36-40-12-14-42(15-13-40)56(73)67-25-23-66(24-26-67)27-29-78-31-33-80-35-34-79-32-30-77-28-22-61-52(70)38-81-50-11-7-9-45-53(50)59(76)68(57(45)74)49-20-21-51(69)64-55(49)72/h6-19,37,49H,20-36,38H2,1-5H3,(H,61,70)(H,63,71)(H,64,69,72). The van der Waals surface area contributed by atoms with Gasteiger partial charge in [-0.3, -0.25) is 53.5 Å². The van der Waals surface area contributed by atoms with Gasteiger partial charge in [-0.1, -0.05) is 63.2 Å². The van der Waals surface area contributed by atoms with Crippen LogP contribution >= 0.6 is 0 Å². The van der Waals surface area contributed by atoms with Crippen LogP contribution in [0.2, 0.25) is 0 Å². The summed E-state index contributed by atoms with van der Waals surface area (Å²) in [4.78, 5) is 112. The van der Waals surface area contributed by atoms with E-state index in [1.54, 1.807) is 25.4 Å². The van der Waals surface area contributed by atoms with Crippen LogP contribution in [0.25, 0.3) is 11.3 Å². The van der Waals surface area contributed by atoms with Gasteiger partial charge in [-0.05, 0) is 77.9 Å². The summed E-state index contributed by atoms with van der Waals surface area (Å²) in [5.74, 6) is -3.27. The molecule has 2 saturated heterocycles. The van der Waals surface area contributed by atoms with E-state index in [2.05, 4.69) is 41.6 Å². The van der Waals surface area contributed by atoms with Crippen LogP contribution in [0.5, 0.6) is 5.75 Å². The van der Waals surface area contributed by atoms with Crippen LogP contribution in [0.4, 0.5) is 5.69 Å². The maximum absolute atomic E-state index is 13.5. The van der Waals surface area contributed by atoms with Gasteiger partial charge in [-0.15, -0.1) is 0 Å². The number of imide groups is 2. The lowest BCUT2D eigenvalue weighted by molar-refractivity contribution is -0.136. The molecule has 7 amide bonds. The van der Waals surface area contributed by atoms with Crippen LogP contribution < -0.4 is 26.2 Å². The summed E-state index contributed by atoms with van der Waals surface area (Å²) in [5.41, 5.74) is 6.15. The van der Waals surface area contributed by atoms with Gasteiger partial charge >= 0.3 is 0 Å². The first-order valence-electron chi connectivity index (χ1n) is 27.2. The molecule has 0 bridgehead atoms. The Morgan fingerprint density at radius 2 is 1.36 bits per heavy atom. The van der Waals surface area contributed by atoms with Crippen molar-refractivity contribution in [3.63, 3.8) is 0 Å². The number of aromatic nitrogens is 2. The van der Waals surface area contributed by atoms with E-state index in [4.69, 9.17) is 28.7 Å². The Morgan fingerprint density at radius 3 is 2.02 bits per heavy atom. The lowest BCUT2D eigenvalue weighted by atomic mass is 9.86. The quantitative estimate of drug-likeness (QED) is 0.0544. The third-order valence-corrected chi connectivity index (χ3v) is 14.3. The van der Waals surface area contributed by atoms with Crippen molar-refractivity contribution >= 4 is 47.0 Å². The van der Waals surface area contributed by atoms with Gasteiger partial charge in [0.1, 0.15) is 17.5 Å². The molecule has 21 heteroatoms. The van der Waals surface area contributed by atoms with Crippen LogP contribution in [0.1, 0.15) is 97.4 Å². The molecule has 1 atom stereocenters. The van der Waals surface area contributed by atoms with Crippen molar-refractivity contribution in [3.8, 4) is 17.0 Å². The van der Waals surface area contributed by atoms with Gasteiger partial charge in [-0.2, -0.15) is 0 Å². The zero-order chi connectivity index (χ0) is 57.6. The zero-order valence-corrected chi connectivity index (χ0v) is 46.5. The maximum Gasteiger partial charge on any atom is 0.272 e. The van der Waals surface area contributed by atoms with Gasteiger partial charge in [0.2, 0.25) is 11.8 Å². The SMILES string of the molecule is Cc1c(NC(=O)c2ccc(C(C)(C)C)cc2)cccc1-c1cn(C)c(=O)c(Cc2ccc(C(=O)N3CCN(CCOCCOCCOCCOCCNC(=O)COc4cccc5c4C(=O)N(C4CCC(=O)NC4=O)C5=O)CC3)cc2)n1. The number of piperidine rings is 1. The molecule has 4 heterocycles. The topological polar surface area (TPSA) is 246 Å². The number of nitrogens with zero attached hydrogens (tertiary/aromatic N) is 5. The van der Waals surface area contributed by atoms with Crippen LogP contribution in [0.3, 0.4) is 0 Å². The molecule has 2 fully saturated rings. The van der Waals surface area contributed by atoms with Crippen LogP contribution in [0.15, 0.2) is 95.9 Å². The highest BCUT2D eigenvalue weighted by Crippen LogP contribution is 2.34. The second-order valence-electron chi connectivity index (χ2n) is 21.0. The van der Waals surface area contributed by atoms with Crippen LogP contribution in [-0.4, -0.2) is 170 Å². The van der Waals surface area contributed by atoms with Crippen molar-refractivity contribution in [1.82, 2.24) is 34.9 Å². The molecule has 3 N–H and O–H groups in total. The lowest BCUT2D eigenvalue weighted by Gasteiger charge is -2.34. The molecule has 8 rings (SSSR count). The largest absolute Gasteiger partial charge is 0.483 e. The average molecular weight is 1110 g/mol. The Balaban J connectivity index is 0.649. The predicted octanol–water partition coefficient (Wildman–Crippen LogP) is 4.32. The highest BCUT2D eigenvalue weighted by atomic mass is 16.6. The molecular weight excluding hydrogens is 1040 g/mol. The fourth-order valence-corrected chi connectivity index (χ4v) is 9.61. The summed E-state index contributed by atoms with van der Waals surface area (Å²) >= 11 is 0. The van der Waals surface area contributed by atoms with Gasteiger partial charge in [0.25, 0.3) is 35.1 Å². The number of ether oxygens (including phenoxy) is 5. The summed E-state index contributed by atoms with van der Waals surface area (Å²) in [7, 11) is 1.70. The minimum Gasteiger partial charge on any atom is -0.483 e. The first-order valence-corrected chi connectivity index (χ1v) is 27.2. The van der Waals surface area contributed by atoms with Crippen molar-refractivity contribution in [2.45, 2.75) is 58.4 Å². The lowest BCUT2D eigenvalue weighted by Crippen LogP contribution is -2.54. The first kappa shape index (κ1) is 59.2. The molecule has 0 spiro atoms. The number of hydrogen-bond acceptors (Lipinski definition) is 15. The summed E-state index contributed by atoms with van der Waals surface area (Å²) in [6.07, 6.45) is 2.01. The zero-order valence-electron chi connectivity index (χ0n) is 46.5. The van der Waals surface area contributed by atoms with E-state index in [1.807, 2.05) is 66.4 Å². The second-order valence-corrected chi connectivity index (χ2v) is 21.0. The molecule has 4 aromatic carbocycles. The Bertz CT molecular complexity index is 3170. The number of aryl methyl sites for hydroxylation is 1. The summed E-state index contributed by atoms with van der Waals surface area (Å²) in [6.45, 7) is 14.5. The normalized spacial score (nSPS) is 15.6. The highest BCUT2D eigenvalue weighted by molar-refractivity contribution is 6.24. The third-order valence-electron chi connectivity index (χ3n) is 14.3. The van der Waals surface area contributed by atoms with Crippen LogP contribution in [-0.2, 0) is 52.2 Å². The molecule has 21 nitrogen and oxygen atoms in total. The molecule has 428 valence electrons. The minimum atomic E-state index is -1.11. The Kier molecular flexibility index (Phi) is 20.1. The van der Waals surface area contributed by atoms with Crippen molar-refractivity contribution in [2.24, 2.45) is 7.05 Å². The highest BCUT2D eigenvalue weighted by Gasteiger charge is 2.46. The minimum absolute atomic E-state index is 0.000669. The fourth-order valence-electron chi connectivity index (χ4n) is 9.61. The van der Waals surface area contributed by atoms with E-state index in [-0.39, 0.29) is 72.1 Å². The number of rotatable bonds is 25. The van der Waals surface area contributed by atoms with E-state index >= 15 is 0 Å². The van der Waals surface area contributed by atoms with Crippen molar-refractivity contribution in [1.29, 1.82) is 0 Å². The summed E-state index contributed by atoms with van der Waals surface area (Å²) in [5, 5.41) is 7.87. The van der Waals surface area contributed by atoms with Gasteiger partial charge in [0.05, 0.1) is 69.7 Å². The van der Waals surface area contributed by atoms with E-state index in [9.17, 15) is 38.4 Å². The van der Waals surface area contributed by atoms with Gasteiger partial charge in [0, 0.05) is 87.7 Å². The van der Waals surface area contributed by atoms with Crippen molar-refractivity contribution in [2.75, 3.05) is 104 Å². The number of benzene rings is 4. The fraction of sp³-hybridized carbons (Fsp3) is 0.417. The van der Waals surface area contributed by atoms with E-state index < -0.39 is 42.2 Å². The molecule has 0 radical (unpaired) electrons. The van der Waals surface area contributed by atoms with Crippen molar-refractivity contribution in [3.05, 3.63) is 146 Å². The number of carbonyl (C=O) groups is 7. The molecule has 3 aliphatic rings. The molecule has 1 unspecified atom stereocenters. The molecule has 81 heavy (non-hydrogen) atoms. The number of piperazine rings is 1. The smallest absolute Gasteiger partial charge is 0.272 e. The van der Waals surface area contributed by atoms with E-state index in [0.717, 1.165) is 46.8 Å². The Hall–Kier alpha value is -7.95. The van der Waals surface area contributed by atoms with Gasteiger partial charge < -0.3 is 43.8 Å². The molecule has 0 aliphatic carbocycles. The number of anilines is 1. The second kappa shape index (κ2) is 27.5. The van der Waals surface area contributed by atoms with Crippen LogP contribution in [0, 0.1) is 6.92 Å². The molecule has 5 aromatic rings. The summed E-state index contributed by atoms with van der Waals surface area (Å²) in [6, 6.07) is 23.9. The number of nitrogens with one attached hydrogen (secondary N) is 3. The summed E-state index contributed by atoms with van der Waals surface area (Å²) < 4.78 is 29.6. The number of carbonyl (C=O) groups excluding carboxylic acids is 7. The average Bonchev–Trinajstić information content (AvgIpc) is 3.64. The first-order chi connectivity index (χ1) is 39.0. The van der Waals surface area contributed by atoms with Crippen molar-refractivity contribution < 1.29 is 57.2 Å². The third kappa shape index (κ3) is 15.3. The monoisotopic (exact) mass is 1110 g/mol. The van der Waals surface area contributed by atoms with Gasteiger partial charge in [-0.25, -0.2) is 4.98 Å².